The van der Waals surface area contributed by atoms with Crippen molar-refractivity contribution in [3.05, 3.63) is 11.6 Å². The van der Waals surface area contributed by atoms with Crippen molar-refractivity contribution in [3.8, 4) is 0 Å². The second kappa shape index (κ2) is 7.20. The van der Waals surface area contributed by atoms with Crippen LogP contribution in [0.2, 0.25) is 0 Å². The first-order chi connectivity index (χ1) is 8.40. The normalized spacial score (nSPS) is 23.7. The molecule has 0 saturated heterocycles. The van der Waals surface area contributed by atoms with Gasteiger partial charge in [-0.25, -0.2) is 0 Å². The first kappa shape index (κ1) is 13.1. The minimum Gasteiger partial charge on any atom is -0.313 e. The van der Waals surface area contributed by atoms with Crippen LogP contribution in [-0.4, -0.2) is 13.1 Å². The third-order valence-electron chi connectivity index (χ3n) is 4.49. The van der Waals surface area contributed by atoms with Crippen LogP contribution in [0.1, 0.15) is 64.7 Å². The van der Waals surface area contributed by atoms with E-state index in [0.29, 0.717) is 0 Å². The Morgan fingerprint density at radius 1 is 1.06 bits per heavy atom. The van der Waals surface area contributed by atoms with Crippen LogP contribution in [0.15, 0.2) is 11.6 Å². The fourth-order valence-corrected chi connectivity index (χ4v) is 3.13. The van der Waals surface area contributed by atoms with Crippen molar-refractivity contribution in [3.63, 3.8) is 0 Å². The number of hydrogen-bond acceptors (Lipinski definition) is 1. The largest absolute Gasteiger partial charge is 0.313 e. The van der Waals surface area contributed by atoms with Gasteiger partial charge in [0.2, 0.25) is 0 Å². The second-order valence-electron chi connectivity index (χ2n) is 5.94. The molecule has 0 bridgehead atoms. The van der Waals surface area contributed by atoms with Crippen molar-refractivity contribution in [1.82, 2.24) is 5.32 Å². The van der Waals surface area contributed by atoms with Gasteiger partial charge in [-0.1, -0.05) is 44.3 Å². The minimum absolute atomic E-state index is 0.911. The number of rotatable bonds is 6. The molecular weight excluding hydrogens is 206 g/mol. The van der Waals surface area contributed by atoms with Gasteiger partial charge in [0.25, 0.3) is 0 Å². The molecule has 17 heavy (non-hydrogen) atoms. The molecule has 2 fully saturated rings. The minimum atomic E-state index is 0.911. The Kier molecular flexibility index (Phi) is 5.57. The maximum atomic E-state index is 3.62. The van der Waals surface area contributed by atoms with E-state index in [-0.39, 0.29) is 0 Å². The molecule has 0 radical (unpaired) electrons. The van der Waals surface area contributed by atoms with E-state index in [2.05, 4.69) is 18.3 Å². The third-order valence-corrected chi connectivity index (χ3v) is 4.49. The van der Waals surface area contributed by atoms with Crippen LogP contribution in [0.5, 0.6) is 0 Å². The smallest absolute Gasteiger partial charge is 0.0167 e. The van der Waals surface area contributed by atoms with Crippen molar-refractivity contribution in [2.24, 2.45) is 11.8 Å². The van der Waals surface area contributed by atoms with Gasteiger partial charge in [-0.15, -0.1) is 0 Å². The quantitative estimate of drug-likeness (QED) is 0.535. The van der Waals surface area contributed by atoms with E-state index in [1.165, 1.54) is 64.3 Å². The summed E-state index contributed by atoms with van der Waals surface area (Å²) < 4.78 is 0. The molecule has 0 atom stereocenters. The Hall–Kier alpha value is -0.300. The first-order valence-corrected chi connectivity index (χ1v) is 7.81. The lowest BCUT2D eigenvalue weighted by molar-refractivity contribution is 0.364. The monoisotopic (exact) mass is 235 g/mol. The summed E-state index contributed by atoms with van der Waals surface area (Å²) in [6.45, 7) is 4.59. The van der Waals surface area contributed by atoms with Crippen molar-refractivity contribution in [2.75, 3.05) is 13.1 Å². The van der Waals surface area contributed by atoms with Crippen molar-refractivity contribution in [1.29, 1.82) is 0 Å². The molecule has 2 rings (SSSR count). The van der Waals surface area contributed by atoms with Gasteiger partial charge in [-0.3, -0.25) is 0 Å². The van der Waals surface area contributed by atoms with Crippen LogP contribution in [0, 0.1) is 11.8 Å². The third kappa shape index (κ3) is 4.13. The molecule has 0 aromatic heterocycles. The Balaban J connectivity index is 1.87. The fraction of sp³-hybridized carbons (Fsp3) is 0.875. The van der Waals surface area contributed by atoms with E-state index in [4.69, 9.17) is 0 Å². The summed E-state index contributed by atoms with van der Waals surface area (Å²) >= 11 is 0. The van der Waals surface area contributed by atoms with Gasteiger partial charge in [0.1, 0.15) is 0 Å². The molecule has 98 valence electrons. The zero-order valence-electron chi connectivity index (χ0n) is 11.5. The molecule has 0 unspecified atom stereocenters. The molecular formula is C16H29N. The van der Waals surface area contributed by atoms with Crippen LogP contribution in [0.4, 0.5) is 0 Å². The van der Waals surface area contributed by atoms with Gasteiger partial charge in [-0.05, 0) is 50.5 Å². The van der Waals surface area contributed by atoms with Gasteiger partial charge >= 0.3 is 0 Å². The maximum absolute atomic E-state index is 3.62. The zero-order valence-corrected chi connectivity index (χ0v) is 11.5. The van der Waals surface area contributed by atoms with E-state index < -0.39 is 0 Å². The lowest BCUT2D eigenvalue weighted by atomic mass is 9.78. The van der Waals surface area contributed by atoms with Crippen LogP contribution in [0.3, 0.4) is 0 Å². The van der Waals surface area contributed by atoms with Crippen LogP contribution in [-0.2, 0) is 0 Å². The van der Waals surface area contributed by atoms with Gasteiger partial charge in [0.15, 0.2) is 0 Å². The first-order valence-electron chi connectivity index (χ1n) is 7.81. The summed E-state index contributed by atoms with van der Waals surface area (Å²) in [5.41, 5.74) is 1.75. The second-order valence-corrected chi connectivity index (χ2v) is 5.94. The van der Waals surface area contributed by atoms with Gasteiger partial charge in [0, 0.05) is 6.54 Å². The molecule has 2 aliphatic carbocycles. The number of allylic oxidation sites excluding steroid dienone is 1. The van der Waals surface area contributed by atoms with Gasteiger partial charge in [-0.2, -0.15) is 0 Å². The van der Waals surface area contributed by atoms with Crippen molar-refractivity contribution in [2.45, 2.75) is 64.7 Å². The lowest BCUT2D eigenvalue weighted by Gasteiger charge is -2.29. The number of hydrogen-bond donors (Lipinski definition) is 1. The molecule has 0 aromatic rings. The fourth-order valence-electron chi connectivity index (χ4n) is 3.13. The Morgan fingerprint density at radius 3 is 2.41 bits per heavy atom. The predicted octanol–water partition coefficient (Wildman–Crippen LogP) is 4.29. The highest BCUT2D eigenvalue weighted by molar-refractivity contribution is 5.12. The summed E-state index contributed by atoms with van der Waals surface area (Å²) in [5.74, 6) is 1.84. The highest BCUT2D eigenvalue weighted by Crippen LogP contribution is 2.34. The summed E-state index contributed by atoms with van der Waals surface area (Å²) in [5, 5.41) is 3.62. The van der Waals surface area contributed by atoms with Crippen LogP contribution >= 0.6 is 0 Å². The Morgan fingerprint density at radius 2 is 1.82 bits per heavy atom. The zero-order chi connectivity index (χ0) is 11.9. The average molecular weight is 235 g/mol. The van der Waals surface area contributed by atoms with E-state index in [9.17, 15) is 0 Å². The van der Waals surface area contributed by atoms with E-state index in [1.54, 1.807) is 5.57 Å². The molecule has 1 heteroatoms. The molecule has 0 amide bonds. The molecule has 0 spiro atoms. The van der Waals surface area contributed by atoms with Crippen molar-refractivity contribution >= 4 is 0 Å². The van der Waals surface area contributed by atoms with E-state index >= 15 is 0 Å². The average Bonchev–Trinajstić information content (AvgIpc) is 2.32. The van der Waals surface area contributed by atoms with Crippen LogP contribution < -0.4 is 5.32 Å². The predicted molar refractivity (Wildman–Crippen MR) is 75.2 cm³/mol. The van der Waals surface area contributed by atoms with Crippen LogP contribution in [0.25, 0.3) is 0 Å². The topological polar surface area (TPSA) is 12.0 Å². The Labute approximate surface area is 107 Å². The SMILES string of the molecule is CCCNCC(=CC1CCC1)C1CCCCC1. The van der Waals surface area contributed by atoms with Gasteiger partial charge in [0.05, 0.1) is 0 Å². The molecule has 1 nitrogen and oxygen atoms in total. The summed E-state index contributed by atoms with van der Waals surface area (Å²) in [4.78, 5) is 0. The molecule has 0 aliphatic heterocycles. The molecule has 0 heterocycles. The van der Waals surface area contributed by atoms with E-state index in [0.717, 1.165) is 18.4 Å². The summed E-state index contributed by atoms with van der Waals surface area (Å²) in [7, 11) is 0. The summed E-state index contributed by atoms with van der Waals surface area (Å²) in [6.07, 6.45) is 15.5. The van der Waals surface area contributed by atoms with Crippen molar-refractivity contribution < 1.29 is 0 Å². The summed E-state index contributed by atoms with van der Waals surface area (Å²) in [6, 6.07) is 0. The Bertz CT molecular complexity index is 234. The molecule has 2 aliphatic rings. The standard InChI is InChI=1S/C16H29N/c1-2-11-17-13-16(12-14-7-6-8-14)15-9-4-3-5-10-15/h12,14-15,17H,2-11,13H2,1H3. The highest BCUT2D eigenvalue weighted by atomic mass is 14.8. The maximum Gasteiger partial charge on any atom is 0.0167 e. The lowest BCUT2D eigenvalue weighted by Crippen LogP contribution is -2.24. The van der Waals surface area contributed by atoms with Gasteiger partial charge < -0.3 is 5.32 Å². The van der Waals surface area contributed by atoms with E-state index in [1.807, 2.05) is 0 Å². The number of nitrogens with one attached hydrogen (secondary N) is 1. The highest BCUT2D eigenvalue weighted by Gasteiger charge is 2.21. The molecule has 1 N–H and O–H groups in total. The molecule has 2 saturated carbocycles. The molecule has 0 aromatic carbocycles.